The van der Waals surface area contributed by atoms with Crippen molar-refractivity contribution in [1.29, 1.82) is 0 Å². The van der Waals surface area contributed by atoms with Gasteiger partial charge in [-0.05, 0) is 31.3 Å². The zero-order chi connectivity index (χ0) is 21.1. The van der Waals surface area contributed by atoms with E-state index in [1.807, 2.05) is 48.5 Å². The molecule has 2 amide bonds. The van der Waals surface area contributed by atoms with Crippen LogP contribution in [0.5, 0.6) is 5.75 Å². The van der Waals surface area contributed by atoms with Gasteiger partial charge in [-0.3, -0.25) is 9.59 Å². The molecule has 1 atom stereocenters. The number of ether oxygens (including phenoxy) is 1. The van der Waals surface area contributed by atoms with Gasteiger partial charge in [-0.25, -0.2) is 0 Å². The molecule has 2 fully saturated rings. The first-order valence-electron chi connectivity index (χ1n) is 10.3. The summed E-state index contributed by atoms with van der Waals surface area (Å²) in [4.78, 5) is 31.9. The second kappa shape index (κ2) is 8.75. The molecule has 2 aromatic carbocycles. The number of carbonyl (C=O) groups is 2. The first kappa shape index (κ1) is 20.2. The molecule has 1 unspecified atom stereocenters. The number of nitrogens with zero attached hydrogens (tertiary/aromatic N) is 3. The third kappa shape index (κ3) is 4.26. The highest BCUT2D eigenvalue weighted by molar-refractivity contribution is 6.04. The number of hydrogen-bond donors (Lipinski definition) is 1. The van der Waals surface area contributed by atoms with Gasteiger partial charge in [0, 0.05) is 50.9 Å². The van der Waals surface area contributed by atoms with Gasteiger partial charge in [0.25, 0.3) is 0 Å². The number of amides is 2. The van der Waals surface area contributed by atoms with Crippen molar-refractivity contribution in [2.75, 3.05) is 62.0 Å². The average molecular weight is 409 g/mol. The smallest absolute Gasteiger partial charge is 0.229 e. The monoisotopic (exact) mass is 408 g/mol. The van der Waals surface area contributed by atoms with Gasteiger partial charge in [0.05, 0.1) is 24.4 Å². The molecule has 7 nitrogen and oxygen atoms in total. The lowest BCUT2D eigenvalue weighted by atomic mass is 10.1. The van der Waals surface area contributed by atoms with Crippen LogP contribution in [0.25, 0.3) is 0 Å². The minimum atomic E-state index is -0.385. The summed E-state index contributed by atoms with van der Waals surface area (Å²) in [6, 6.07) is 15.3. The summed E-state index contributed by atoms with van der Waals surface area (Å²) in [5.41, 5.74) is 2.60. The van der Waals surface area contributed by atoms with E-state index in [2.05, 4.69) is 22.2 Å². The van der Waals surface area contributed by atoms with Crippen molar-refractivity contribution in [3.05, 3.63) is 48.5 Å². The summed E-state index contributed by atoms with van der Waals surface area (Å²) in [6.45, 7) is 4.21. The standard InChI is InChI=1S/C23H28N4O3/c1-25-10-12-26(13-11-25)21-9-4-3-8-20(21)24-23(29)17-14-22(28)27(16-17)18-6-5-7-19(15-18)30-2/h3-9,15,17H,10-14,16H2,1-2H3,(H,24,29). The van der Waals surface area contributed by atoms with Gasteiger partial charge in [0.2, 0.25) is 11.8 Å². The molecule has 0 aromatic heterocycles. The summed E-state index contributed by atoms with van der Waals surface area (Å²) in [7, 11) is 3.72. The zero-order valence-electron chi connectivity index (χ0n) is 17.5. The number of rotatable bonds is 5. The Balaban J connectivity index is 1.45. The van der Waals surface area contributed by atoms with Crippen LogP contribution >= 0.6 is 0 Å². The van der Waals surface area contributed by atoms with Crippen LogP contribution in [0.2, 0.25) is 0 Å². The van der Waals surface area contributed by atoms with Crippen molar-refractivity contribution in [3.63, 3.8) is 0 Å². The second-order valence-corrected chi connectivity index (χ2v) is 7.90. The molecule has 2 aliphatic rings. The van der Waals surface area contributed by atoms with Crippen LogP contribution in [0.4, 0.5) is 17.1 Å². The number of anilines is 3. The molecular weight excluding hydrogens is 380 g/mol. The molecule has 1 N–H and O–H groups in total. The van der Waals surface area contributed by atoms with E-state index in [4.69, 9.17) is 4.74 Å². The fourth-order valence-corrected chi connectivity index (χ4v) is 4.05. The third-order valence-corrected chi connectivity index (χ3v) is 5.87. The molecule has 2 heterocycles. The Labute approximate surface area is 177 Å². The topological polar surface area (TPSA) is 65.1 Å². The van der Waals surface area contributed by atoms with E-state index in [1.165, 1.54) is 0 Å². The van der Waals surface area contributed by atoms with Crippen molar-refractivity contribution in [2.45, 2.75) is 6.42 Å². The minimum absolute atomic E-state index is 0.0456. The van der Waals surface area contributed by atoms with Crippen LogP contribution in [0.1, 0.15) is 6.42 Å². The SMILES string of the molecule is COc1cccc(N2CC(C(=O)Nc3ccccc3N3CCN(C)CC3)CC2=O)c1. The average Bonchev–Trinajstić information content (AvgIpc) is 3.17. The van der Waals surface area contributed by atoms with Crippen LogP contribution < -0.4 is 19.9 Å². The molecule has 0 spiro atoms. The van der Waals surface area contributed by atoms with Gasteiger partial charge < -0.3 is 24.8 Å². The maximum Gasteiger partial charge on any atom is 0.229 e. The molecule has 0 radical (unpaired) electrons. The van der Waals surface area contributed by atoms with Crippen LogP contribution in [-0.4, -0.2) is 63.6 Å². The number of hydrogen-bond acceptors (Lipinski definition) is 5. The van der Waals surface area contributed by atoms with E-state index in [0.717, 1.165) is 43.2 Å². The summed E-state index contributed by atoms with van der Waals surface area (Å²) in [6.07, 6.45) is 0.208. The summed E-state index contributed by atoms with van der Waals surface area (Å²) >= 11 is 0. The predicted molar refractivity (Wildman–Crippen MR) is 118 cm³/mol. The van der Waals surface area contributed by atoms with E-state index in [0.29, 0.717) is 12.3 Å². The number of benzene rings is 2. The molecule has 4 rings (SSSR count). The lowest BCUT2D eigenvalue weighted by Gasteiger charge is -2.35. The van der Waals surface area contributed by atoms with Gasteiger partial charge in [-0.1, -0.05) is 18.2 Å². The van der Waals surface area contributed by atoms with Crippen molar-refractivity contribution in [2.24, 2.45) is 5.92 Å². The highest BCUT2D eigenvalue weighted by Crippen LogP contribution is 2.31. The molecule has 0 saturated carbocycles. The van der Waals surface area contributed by atoms with Crippen molar-refractivity contribution in [1.82, 2.24) is 4.90 Å². The number of para-hydroxylation sites is 2. The first-order chi connectivity index (χ1) is 14.5. The first-order valence-corrected chi connectivity index (χ1v) is 10.3. The Morgan fingerprint density at radius 2 is 1.83 bits per heavy atom. The fraction of sp³-hybridized carbons (Fsp3) is 0.391. The molecule has 30 heavy (non-hydrogen) atoms. The quantitative estimate of drug-likeness (QED) is 0.823. The Kier molecular flexibility index (Phi) is 5.90. The van der Waals surface area contributed by atoms with E-state index in [9.17, 15) is 9.59 Å². The second-order valence-electron chi connectivity index (χ2n) is 7.90. The molecule has 2 aromatic rings. The number of carbonyl (C=O) groups excluding carboxylic acids is 2. The van der Waals surface area contributed by atoms with Gasteiger partial charge in [0.1, 0.15) is 5.75 Å². The molecule has 0 aliphatic carbocycles. The van der Waals surface area contributed by atoms with Crippen LogP contribution in [0.15, 0.2) is 48.5 Å². The lowest BCUT2D eigenvalue weighted by Crippen LogP contribution is -2.44. The molecule has 158 valence electrons. The van der Waals surface area contributed by atoms with E-state index >= 15 is 0 Å². The Bertz CT molecular complexity index is 924. The number of methoxy groups -OCH3 is 1. The van der Waals surface area contributed by atoms with Crippen molar-refractivity contribution in [3.8, 4) is 5.75 Å². The highest BCUT2D eigenvalue weighted by Gasteiger charge is 2.35. The lowest BCUT2D eigenvalue weighted by molar-refractivity contribution is -0.122. The molecule has 7 heteroatoms. The fourth-order valence-electron chi connectivity index (χ4n) is 4.05. The van der Waals surface area contributed by atoms with Crippen molar-refractivity contribution >= 4 is 28.9 Å². The maximum absolute atomic E-state index is 13.0. The summed E-state index contributed by atoms with van der Waals surface area (Å²) in [5.74, 6) is 0.143. The Morgan fingerprint density at radius 3 is 2.60 bits per heavy atom. The summed E-state index contributed by atoms with van der Waals surface area (Å²) in [5, 5.41) is 3.08. The molecule has 2 aliphatic heterocycles. The summed E-state index contributed by atoms with van der Waals surface area (Å²) < 4.78 is 5.26. The Hall–Kier alpha value is -3.06. The number of nitrogens with one attached hydrogen (secondary N) is 1. The van der Waals surface area contributed by atoms with Gasteiger partial charge in [-0.15, -0.1) is 0 Å². The minimum Gasteiger partial charge on any atom is -0.497 e. The zero-order valence-corrected chi connectivity index (χ0v) is 17.5. The van der Waals surface area contributed by atoms with Crippen LogP contribution in [0.3, 0.4) is 0 Å². The number of piperazine rings is 1. The van der Waals surface area contributed by atoms with Gasteiger partial charge in [0.15, 0.2) is 0 Å². The van der Waals surface area contributed by atoms with E-state index in [-0.39, 0.29) is 24.2 Å². The predicted octanol–water partition coefficient (Wildman–Crippen LogP) is 2.44. The number of likely N-dealkylation sites (N-methyl/N-ethyl adjacent to an activating group) is 1. The molecule has 0 bridgehead atoms. The molecule has 2 saturated heterocycles. The maximum atomic E-state index is 13.0. The van der Waals surface area contributed by atoms with E-state index < -0.39 is 0 Å². The van der Waals surface area contributed by atoms with Gasteiger partial charge >= 0.3 is 0 Å². The largest absolute Gasteiger partial charge is 0.497 e. The highest BCUT2D eigenvalue weighted by atomic mass is 16.5. The third-order valence-electron chi connectivity index (χ3n) is 5.87. The van der Waals surface area contributed by atoms with Gasteiger partial charge in [-0.2, -0.15) is 0 Å². The molecular formula is C23H28N4O3. The van der Waals surface area contributed by atoms with Crippen molar-refractivity contribution < 1.29 is 14.3 Å². The Morgan fingerprint density at radius 1 is 1.07 bits per heavy atom. The van der Waals surface area contributed by atoms with E-state index in [1.54, 1.807) is 12.0 Å². The van der Waals surface area contributed by atoms with Crippen LogP contribution in [-0.2, 0) is 9.59 Å². The van der Waals surface area contributed by atoms with Crippen LogP contribution in [0, 0.1) is 5.92 Å². The normalized spacial score (nSPS) is 19.8.